The van der Waals surface area contributed by atoms with Crippen LogP contribution < -0.4 is 10.5 Å². The van der Waals surface area contributed by atoms with Crippen LogP contribution in [0.4, 0.5) is 0 Å². The van der Waals surface area contributed by atoms with Crippen molar-refractivity contribution in [3.63, 3.8) is 0 Å². The lowest BCUT2D eigenvalue weighted by Crippen LogP contribution is -1.96. The Morgan fingerprint density at radius 2 is 2.24 bits per heavy atom. The Hall–Kier alpha value is -1.52. The average Bonchev–Trinajstić information content (AvgIpc) is 2.70. The van der Waals surface area contributed by atoms with Gasteiger partial charge in [0, 0.05) is 18.3 Å². The number of hydrogen-bond donors (Lipinski definition) is 1. The van der Waals surface area contributed by atoms with Gasteiger partial charge in [0.1, 0.15) is 5.75 Å². The largest absolute Gasteiger partial charge is 0.495 e. The highest BCUT2D eigenvalue weighted by Gasteiger charge is 2.07. The Bertz CT molecular complexity index is 537. The molecule has 1 aromatic carbocycles. The van der Waals surface area contributed by atoms with E-state index in [0.717, 1.165) is 16.9 Å². The summed E-state index contributed by atoms with van der Waals surface area (Å²) in [5, 5.41) is 4.95. The van der Waals surface area contributed by atoms with Crippen molar-refractivity contribution in [1.29, 1.82) is 0 Å². The molecule has 1 heterocycles. The van der Waals surface area contributed by atoms with Crippen LogP contribution in [0.1, 0.15) is 11.3 Å². The van der Waals surface area contributed by atoms with Crippen LogP contribution in [0, 0.1) is 6.92 Å². The summed E-state index contributed by atoms with van der Waals surface area (Å²) in [4.78, 5) is 0. The number of aryl methyl sites for hydroxylation is 1. The van der Waals surface area contributed by atoms with Crippen LogP contribution in [0.3, 0.4) is 0 Å². The first-order valence-corrected chi connectivity index (χ1v) is 5.62. The number of ether oxygens (including phenoxy) is 1. The summed E-state index contributed by atoms with van der Waals surface area (Å²) in [5.41, 5.74) is 8.46. The first kappa shape index (κ1) is 12.0. The summed E-state index contributed by atoms with van der Waals surface area (Å²) >= 11 is 6.07. The highest BCUT2D eigenvalue weighted by atomic mass is 35.5. The zero-order valence-electron chi connectivity index (χ0n) is 9.77. The summed E-state index contributed by atoms with van der Waals surface area (Å²) in [7, 11) is 1.59. The molecule has 0 spiro atoms. The molecule has 0 fully saturated rings. The zero-order chi connectivity index (χ0) is 12.4. The van der Waals surface area contributed by atoms with Gasteiger partial charge in [0.25, 0.3) is 0 Å². The maximum absolute atomic E-state index is 6.07. The number of nitrogens with two attached hydrogens (primary N) is 1. The maximum atomic E-state index is 6.07. The van der Waals surface area contributed by atoms with Gasteiger partial charge in [-0.25, -0.2) is 4.68 Å². The monoisotopic (exact) mass is 251 g/mol. The van der Waals surface area contributed by atoms with E-state index in [9.17, 15) is 0 Å². The normalized spacial score (nSPS) is 10.6. The first-order valence-electron chi connectivity index (χ1n) is 5.25. The van der Waals surface area contributed by atoms with Crippen LogP contribution in [0.25, 0.3) is 5.69 Å². The van der Waals surface area contributed by atoms with Crippen molar-refractivity contribution in [2.75, 3.05) is 7.11 Å². The molecule has 0 aliphatic rings. The number of halogens is 1. The molecule has 0 amide bonds. The van der Waals surface area contributed by atoms with E-state index in [1.165, 1.54) is 0 Å². The molecule has 17 heavy (non-hydrogen) atoms. The van der Waals surface area contributed by atoms with E-state index in [1.54, 1.807) is 11.8 Å². The van der Waals surface area contributed by atoms with E-state index < -0.39 is 0 Å². The summed E-state index contributed by atoms with van der Waals surface area (Å²) in [6.45, 7) is 2.42. The molecule has 1 aromatic heterocycles. The predicted molar refractivity (Wildman–Crippen MR) is 67.8 cm³/mol. The van der Waals surface area contributed by atoms with Crippen LogP contribution in [0.15, 0.2) is 24.4 Å². The molecule has 5 heteroatoms. The highest BCUT2D eigenvalue weighted by Crippen LogP contribution is 2.26. The molecule has 0 bridgehead atoms. The van der Waals surface area contributed by atoms with Gasteiger partial charge >= 0.3 is 0 Å². The van der Waals surface area contributed by atoms with Gasteiger partial charge in [0.15, 0.2) is 0 Å². The third kappa shape index (κ3) is 2.28. The van der Waals surface area contributed by atoms with Crippen LogP contribution in [0.5, 0.6) is 5.75 Å². The van der Waals surface area contributed by atoms with Gasteiger partial charge in [-0.15, -0.1) is 0 Å². The quantitative estimate of drug-likeness (QED) is 0.911. The molecule has 0 saturated carbocycles. The fourth-order valence-corrected chi connectivity index (χ4v) is 1.88. The fraction of sp³-hybridized carbons (Fsp3) is 0.250. The number of hydrogen-bond acceptors (Lipinski definition) is 3. The molecule has 4 nitrogen and oxygen atoms in total. The van der Waals surface area contributed by atoms with Crippen molar-refractivity contribution in [1.82, 2.24) is 9.78 Å². The number of nitrogens with zero attached hydrogens (tertiary/aromatic N) is 2. The molecule has 2 aromatic rings. The van der Waals surface area contributed by atoms with Crippen LogP contribution >= 0.6 is 11.6 Å². The van der Waals surface area contributed by atoms with Crippen molar-refractivity contribution < 1.29 is 4.74 Å². The third-order valence-electron chi connectivity index (χ3n) is 2.62. The second kappa shape index (κ2) is 4.77. The van der Waals surface area contributed by atoms with Gasteiger partial charge in [-0.05, 0) is 25.1 Å². The highest BCUT2D eigenvalue weighted by molar-refractivity contribution is 6.32. The van der Waals surface area contributed by atoms with Crippen LogP contribution in [-0.4, -0.2) is 16.9 Å². The van der Waals surface area contributed by atoms with Crippen molar-refractivity contribution >= 4 is 11.6 Å². The fourth-order valence-electron chi connectivity index (χ4n) is 1.63. The predicted octanol–water partition coefficient (Wildman–Crippen LogP) is 2.30. The molecule has 2 N–H and O–H groups in total. The smallest absolute Gasteiger partial charge is 0.137 e. The van der Waals surface area contributed by atoms with Crippen molar-refractivity contribution in [2.24, 2.45) is 5.73 Å². The topological polar surface area (TPSA) is 53.1 Å². The third-order valence-corrected chi connectivity index (χ3v) is 2.92. The summed E-state index contributed by atoms with van der Waals surface area (Å²) in [5.74, 6) is 0.651. The molecule has 0 unspecified atom stereocenters. The standard InChI is InChI=1S/C12H14ClN3O/c1-8-9(6-14)7-16(15-8)10-3-4-12(17-2)11(13)5-10/h3-5,7H,6,14H2,1-2H3. The minimum atomic E-state index is 0.482. The van der Waals surface area contributed by atoms with Crippen molar-refractivity contribution in [3.05, 3.63) is 40.7 Å². The molecule has 0 aliphatic heterocycles. The second-order valence-electron chi connectivity index (χ2n) is 3.71. The molecule has 90 valence electrons. The molecule has 0 radical (unpaired) electrons. The van der Waals surface area contributed by atoms with Gasteiger partial charge < -0.3 is 10.5 Å². The van der Waals surface area contributed by atoms with E-state index in [1.807, 2.05) is 31.3 Å². The molecule has 0 atom stereocenters. The first-order chi connectivity index (χ1) is 8.15. The van der Waals surface area contributed by atoms with Crippen molar-refractivity contribution in [3.8, 4) is 11.4 Å². The van der Waals surface area contributed by atoms with E-state index >= 15 is 0 Å². The minimum absolute atomic E-state index is 0.482. The van der Waals surface area contributed by atoms with E-state index in [0.29, 0.717) is 17.3 Å². The summed E-state index contributed by atoms with van der Waals surface area (Å²) in [6.07, 6.45) is 1.91. The zero-order valence-corrected chi connectivity index (χ0v) is 10.5. The Morgan fingerprint density at radius 3 is 2.76 bits per heavy atom. The number of methoxy groups -OCH3 is 1. The van der Waals surface area contributed by atoms with Gasteiger partial charge in [-0.1, -0.05) is 11.6 Å². The number of benzene rings is 1. The molecular weight excluding hydrogens is 238 g/mol. The second-order valence-corrected chi connectivity index (χ2v) is 4.11. The lowest BCUT2D eigenvalue weighted by Gasteiger charge is -2.05. The van der Waals surface area contributed by atoms with Crippen LogP contribution in [0.2, 0.25) is 5.02 Å². The van der Waals surface area contributed by atoms with Gasteiger partial charge in [-0.2, -0.15) is 5.10 Å². The average molecular weight is 252 g/mol. The van der Waals surface area contributed by atoms with Gasteiger partial charge in [-0.3, -0.25) is 0 Å². The van der Waals surface area contributed by atoms with Crippen molar-refractivity contribution in [2.45, 2.75) is 13.5 Å². The lowest BCUT2D eigenvalue weighted by atomic mass is 10.3. The summed E-state index contributed by atoms with van der Waals surface area (Å²) < 4.78 is 6.87. The van der Waals surface area contributed by atoms with E-state index in [2.05, 4.69) is 5.10 Å². The van der Waals surface area contributed by atoms with Crippen LogP contribution in [-0.2, 0) is 6.54 Å². The Labute approximate surface area is 105 Å². The molecule has 2 rings (SSSR count). The van der Waals surface area contributed by atoms with Gasteiger partial charge in [0.05, 0.1) is 23.5 Å². The van der Waals surface area contributed by atoms with E-state index in [4.69, 9.17) is 22.1 Å². The lowest BCUT2D eigenvalue weighted by molar-refractivity contribution is 0.415. The molecule has 0 saturated heterocycles. The Morgan fingerprint density at radius 1 is 1.47 bits per heavy atom. The maximum Gasteiger partial charge on any atom is 0.137 e. The molecule has 0 aliphatic carbocycles. The summed E-state index contributed by atoms with van der Waals surface area (Å²) in [6, 6.07) is 5.53. The minimum Gasteiger partial charge on any atom is -0.495 e. The molecular formula is C12H14ClN3O. The Balaban J connectivity index is 2.42. The van der Waals surface area contributed by atoms with Gasteiger partial charge in [0.2, 0.25) is 0 Å². The number of aromatic nitrogens is 2. The number of rotatable bonds is 3. The van der Waals surface area contributed by atoms with E-state index in [-0.39, 0.29) is 0 Å². The SMILES string of the molecule is COc1ccc(-n2cc(CN)c(C)n2)cc1Cl. The Kier molecular flexibility index (Phi) is 3.36.